The molecular weight excluding hydrogens is 691 g/mol. The van der Waals surface area contributed by atoms with Crippen LogP contribution in [0.4, 0.5) is 0 Å². The molecule has 1 aliphatic rings. The van der Waals surface area contributed by atoms with Crippen LogP contribution in [0.25, 0.3) is 89.8 Å². The van der Waals surface area contributed by atoms with E-state index in [1.165, 1.54) is 44.5 Å². The highest BCUT2D eigenvalue weighted by Gasteiger charge is 2.35. The molecule has 0 bridgehead atoms. The highest BCUT2D eigenvalue weighted by molar-refractivity contribution is 5.85. The van der Waals surface area contributed by atoms with Crippen molar-refractivity contribution in [2.45, 2.75) is 19.3 Å². The van der Waals surface area contributed by atoms with Gasteiger partial charge >= 0.3 is 0 Å². The van der Waals surface area contributed by atoms with E-state index in [1.807, 2.05) is 12.1 Å². The lowest BCUT2D eigenvalue weighted by atomic mass is 9.81. The van der Waals surface area contributed by atoms with Crippen molar-refractivity contribution in [2.24, 2.45) is 0 Å². The Hall–Kier alpha value is -7.23. The lowest BCUT2D eigenvalue weighted by molar-refractivity contribution is 0.660. The van der Waals surface area contributed by atoms with E-state index in [2.05, 4.69) is 202 Å². The Morgan fingerprint density at radius 2 is 0.614 bits per heavy atom. The molecule has 3 nitrogen and oxygen atoms in total. The molecule has 57 heavy (non-hydrogen) atoms. The van der Waals surface area contributed by atoms with E-state index >= 15 is 0 Å². The molecule has 1 aliphatic carbocycles. The average molecular weight is 730 g/mol. The fraction of sp³-hybridized carbons (Fsp3) is 0.0556. The largest absolute Gasteiger partial charge is 0.208 e. The molecule has 0 atom stereocenters. The summed E-state index contributed by atoms with van der Waals surface area (Å²) in [7, 11) is 0. The molecule has 270 valence electrons. The zero-order valence-electron chi connectivity index (χ0n) is 31.9. The molecule has 0 aliphatic heterocycles. The second kappa shape index (κ2) is 14.1. The van der Waals surface area contributed by atoms with E-state index in [0.29, 0.717) is 17.5 Å². The van der Waals surface area contributed by atoms with E-state index in [1.54, 1.807) is 0 Å². The molecule has 0 radical (unpaired) electrons. The van der Waals surface area contributed by atoms with E-state index in [9.17, 15) is 0 Å². The van der Waals surface area contributed by atoms with Crippen LogP contribution in [0, 0.1) is 0 Å². The lowest BCUT2D eigenvalue weighted by Gasteiger charge is -2.22. The van der Waals surface area contributed by atoms with Gasteiger partial charge in [0.2, 0.25) is 0 Å². The zero-order valence-corrected chi connectivity index (χ0v) is 31.9. The van der Waals surface area contributed by atoms with Gasteiger partial charge in [0, 0.05) is 22.1 Å². The number of nitrogens with zero attached hydrogens (tertiary/aromatic N) is 3. The normalized spacial score (nSPS) is 12.5. The van der Waals surface area contributed by atoms with Crippen molar-refractivity contribution in [3.8, 4) is 89.8 Å². The fourth-order valence-electron chi connectivity index (χ4n) is 8.25. The smallest absolute Gasteiger partial charge is 0.164 e. The molecule has 1 heterocycles. The highest BCUT2D eigenvalue weighted by atomic mass is 15.0. The number of hydrogen-bond donors (Lipinski definition) is 0. The van der Waals surface area contributed by atoms with Gasteiger partial charge in [-0.25, -0.2) is 15.0 Å². The van der Waals surface area contributed by atoms with Gasteiger partial charge in [-0.3, -0.25) is 0 Å². The Labute approximate surface area is 334 Å². The van der Waals surface area contributed by atoms with Crippen molar-refractivity contribution in [2.75, 3.05) is 0 Å². The molecular formula is C54H39N3. The van der Waals surface area contributed by atoms with Gasteiger partial charge in [-0.1, -0.05) is 196 Å². The van der Waals surface area contributed by atoms with Gasteiger partial charge < -0.3 is 0 Å². The molecule has 0 saturated carbocycles. The Morgan fingerprint density at radius 1 is 0.263 bits per heavy atom. The van der Waals surface area contributed by atoms with Gasteiger partial charge in [-0.2, -0.15) is 0 Å². The third-order valence-electron chi connectivity index (χ3n) is 11.4. The topological polar surface area (TPSA) is 38.7 Å². The minimum Gasteiger partial charge on any atom is -0.208 e. The Balaban J connectivity index is 1.02. The first kappa shape index (κ1) is 34.3. The van der Waals surface area contributed by atoms with Gasteiger partial charge in [-0.15, -0.1) is 0 Å². The van der Waals surface area contributed by atoms with Crippen molar-refractivity contribution in [3.63, 3.8) is 0 Å². The first-order chi connectivity index (χ1) is 28.0. The van der Waals surface area contributed by atoms with Gasteiger partial charge in [0.15, 0.2) is 17.5 Å². The fourth-order valence-corrected chi connectivity index (χ4v) is 8.25. The van der Waals surface area contributed by atoms with Gasteiger partial charge in [0.05, 0.1) is 0 Å². The maximum atomic E-state index is 5.11. The third-order valence-corrected chi connectivity index (χ3v) is 11.4. The molecule has 10 rings (SSSR count). The maximum Gasteiger partial charge on any atom is 0.164 e. The summed E-state index contributed by atoms with van der Waals surface area (Å²) < 4.78 is 0. The monoisotopic (exact) mass is 729 g/mol. The average Bonchev–Trinajstić information content (AvgIpc) is 3.52. The summed E-state index contributed by atoms with van der Waals surface area (Å²) in [6.45, 7) is 4.67. The second-order valence-electron chi connectivity index (χ2n) is 15.3. The van der Waals surface area contributed by atoms with Crippen molar-refractivity contribution in [1.29, 1.82) is 0 Å². The summed E-state index contributed by atoms with van der Waals surface area (Å²) in [5.74, 6) is 1.90. The highest BCUT2D eigenvalue weighted by Crippen LogP contribution is 2.49. The number of hydrogen-bond acceptors (Lipinski definition) is 3. The predicted octanol–water partition coefficient (Wildman–Crippen LogP) is 13.8. The van der Waals surface area contributed by atoms with Crippen LogP contribution < -0.4 is 0 Å². The van der Waals surface area contributed by atoms with Crippen LogP contribution in [0.15, 0.2) is 200 Å². The Kier molecular flexibility index (Phi) is 8.49. The molecule has 0 amide bonds. The molecule has 8 aromatic carbocycles. The van der Waals surface area contributed by atoms with Gasteiger partial charge in [-0.05, 0) is 85.0 Å². The molecule has 0 unspecified atom stereocenters. The SMILES string of the molecule is CC1(C)c2ccccc2-c2ccc(-c3cccc(-c4cccc(-c5nc(-c6ccc(-c7ccccc7)cc6)nc(-c6ccc(-c7ccccc7)cc6)n5)c4)c3)cc21. The zero-order chi connectivity index (χ0) is 38.3. The van der Waals surface area contributed by atoms with Crippen molar-refractivity contribution in [3.05, 3.63) is 211 Å². The van der Waals surface area contributed by atoms with Crippen LogP contribution in [-0.4, -0.2) is 15.0 Å². The van der Waals surface area contributed by atoms with E-state index in [4.69, 9.17) is 15.0 Å². The molecule has 0 saturated heterocycles. The maximum absolute atomic E-state index is 5.11. The number of aromatic nitrogens is 3. The molecule has 3 heteroatoms. The first-order valence-electron chi connectivity index (χ1n) is 19.5. The summed E-state index contributed by atoms with van der Waals surface area (Å²) >= 11 is 0. The first-order valence-corrected chi connectivity index (χ1v) is 19.5. The molecule has 1 aromatic heterocycles. The van der Waals surface area contributed by atoms with Crippen LogP contribution in [0.2, 0.25) is 0 Å². The van der Waals surface area contributed by atoms with Crippen LogP contribution in [0.1, 0.15) is 25.0 Å². The third kappa shape index (κ3) is 6.43. The number of rotatable bonds is 7. The molecule has 0 N–H and O–H groups in total. The minimum absolute atomic E-state index is 0.0516. The van der Waals surface area contributed by atoms with E-state index in [0.717, 1.165) is 38.9 Å². The standard InChI is InChI=1S/C54H39N3/c1-54(2)49-22-10-9-21-47(49)48-32-31-45(35-50(48)54)43-18-11-17-42(33-43)44-19-12-20-46(34-44)53-56-51(40-27-23-38(24-28-40)36-13-5-3-6-14-36)55-52(57-53)41-29-25-39(26-30-41)37-15-7-4-8-16-37/h3-35H,1-2H3. The Morgan fingerprint density at radius 3 is 1.16 bits per heavy atom. The quantitative estimate of drug-likeness (QED) is 0.164. The summed E-state index contributed by atoms with van der Waals surface area (Å²) in [4.78, 5) is 15.3. The van der Waals surface area contributed by atoms with Crippen molar-refractivity contribution in [1.82, 2.24) is 15.0 Å². The summed E-state index contributed by atoms with van der Waals surface area (Å²) in [5, 5.41) is 0. The van der Waals surface area contributed by atoms with Crippen molar-refractivity contribution < 1.29 is 0 Å². The second-order valence-corrected chi connectivity index (χ2v) is 15.3. The summed E-state index contributed by atoms with van der Waals surface area (Å²) in [6.07, 6.45) is 0. The van der Waals surface area contributed by atoms with Gasteiger partial charge in [0.25, 0.3) is 0 Å². The lowest BCUT2D eigenvalue weighted by Crippen LogP contribution is -2.14. The minimum atomic E-state index is -0.0516. The Bertz CT molecular complexity index is 2790. The molecule has 9 aromatic rings. The number of fused-ring (bicyclic) bond motifs is 3. The van der Waals surface area contributed by atoms with E-state index < -0.39 is 0 Å². The predicted molar refractivity (Wildman–Crippen MR) is 235 cm³/mol. The van der Waals surface area contributed by atoms with Crippen LogP contribution in [0.3, 0.4) is 0 Å². The van der Waals surface area contributed by atoms with Crippen LogP contribution >= 0.6 is 0 Å². The molecule has 0 fully saturated rings. The van der Waals surface area contributed by atoms with Crippen molar-refractivity contribution >= 4 is 0 Å². The summed E-state index contributed by atoms with van der Waals surface area (Å²) in [6, 6.07) is 70.9. The van der Waals surface area contributed by atoms with Crippen LogP contribution in [-0.2, 0) is 5.41 Å². The summed E-state index contributed by atoms with van der Waals surface area (Å²) in [5.41, 5.74) is 17.5. The van der Waals surface area contributed by atoms with E-state index in [-0.39, 0.29) is 5.41 Å². The number of benzene rings is 8. The van der Waals surface area contributed by atoms with Crippen LogP contribution in [0.5, 0.6) is 0 Å². The van der Waals surface area contributed by atoms with Gasteiger partial charge in [0.1, 0.15) is 0 Å². The molecule has 0 spiro atoms.